The van der Waals surface area contributed by atoms with E-state index in [1.807, 2.05) is 29.2 Å². The zero-order valence-corrected chi connectivity index (χ0v) is 17.5. The molecule has 5 rings (SSSR count). The van der Waals surface area contributed by atoms with Crippen molar-refractivity contribution in [3.63, 3.8) is 0 Å². The first-order valence-electron chi connectivity index (χ1n) is 11.2. The first-order chi connectivity index (χ1) is 15.1. The lowest BCUT2D eigenvalue weighted by Crippen LogP contribution is -2.33. The summed E-state index contributed by atoms with van der Waals surface area (Å²) < 4.78 is 0. The van der Waals surface area contributed by atoms with Crippen molar-refractivity contribution >= 4 is 17.3 Å². The summed E-state index contributed by atoms with van der Waals surface area (Å²) in [5.41, 5.74) is 4.16. The summed E-state index contributed by atoms with van der Waals surface area (Å²) in [5, 5.41) is 14.7. The molecule has 0 spiro atoms. The van der Waals surface area contributed by atoms with Gasteiger partial charge in [-0.2, -0.15) is 0 Å². The second-order valence-electron chi connectivity index (χ2n) is 8.83. The van der Waals surface area contributed by atoms with Crippen molar-refractivity contribution in [1.82, 2.24) is 4.90 Å². The van der Waals surface area contributed by atoms with Crippen LogP contribution in [0, 0.1) is 16.0 Å². The molecule has 0 saturated carbocycles. The van der Waals surface area contributed by atoms with Crippen molar-refractivity contribution in [2.45, 2.75) is 44.1 Å². The fourth-order valence-corrected chi connectivity index (χ4v) is 5.32. The average Bonchev–Trinajstić information content (AvgIpc) is 3.13. The number of nitrogens with one attached hydrogen (secondary N) is 1. The topological polar surface area (TPSA) is 75.5 Å². The molecule has 0 radical (unpaired) electrons. The number of benzene rings is 2. The van der Waals surface area contributed by atoms with Crippen LogP contribution in [0.4, 0.5) is 11.4 Å². The van der Waals surface area contributed by atoms with Gasteiger partial charge < -0.3 is 10.2 Å². The molecule has 1 amide bonds. The lowest BCUT2D eigenvalue weighted by atomic mass is 9.76. The molecular formula is C25H27N3O3. The average molecular weight is 418 g/mol. The van der Waals surface area contributed by atoms with Crippen molar-refractivity contribution in [1.29, 1.82) is 0 Å². The summed E-state index contributed by atoms with van der Waals surface area (Å²) in [6.45, 7) is 1.70. The van der Waals surface area contributed by atoms with Crippen LogP contribution in [0.2, 0.25) is 0 Å². The minimum atomic E-state index is -0.365. The second-order valence-corrected chi connectivity index (χ2v) is 8.83. The second kappa shape index (κ2) is 8.17. The Kier molecular flexibility index (Phi) is 5.22. The Bertz CT molecular complexity index is 1020. The molecule has 160 valence electrons. The van der Waals surface area contributed by atoms with Crippen molar-refractivity contribution < 1.29 is 9.72 Å². The standard InChI is InChI=1S/C25H27N3O3/c29-25(27-14-3-1-2-4-15-27)18-10-13-23-22(16-18)20-6-5-7-21(20)24(26-23)17-8-11-19(12-9-17)28(30)31/h5-6,8-13,16,20-21,24,26H,1-4,7,14-15H2/t20-,21+,24-/m1/s1. The fourth-order valence-electron chi connectivity index (χ4n) is 5.32. The number of hydrogen-bond acceptors (Lipinski definition) is 4. The highest BCUT2D eigenvalue weighted by Crippen LogP contribution is 2.50. The molecule has 31 heavy (non-hydrogen) atoms. The van der Waals surface area contributed by atoms with Gasteiger partial charge in [-0.15, -0.1) is 0 Å². The van der Waals surface area contributed by atoms with Crippen LogP contribution in [-0.4, -0.2) is 28.8 Å². The predicted molar refractivity (Wildman–Crippen MR) is 120 cm³/mol. The van der Waals surface area contributed by atoms with E-state index in [0.29, 0.717) is 5.92 Å². The maximum absolute atomic E-state index is 13.1. The number of nitro benzene ring substituents is 1. The zero-order chi connectivity index (χ0) is 21.4. The highest BCUT2D eigenvalue weighted by molar-refractivity contribution is 5.95. The summed E-state index contributed by atoms with van der Waals surface area (Å²) >= 11 is 0. The summed E-state index contributed by atoms with van der Waals surface area (Å²) in [4.78, 5) is 25.8. The van der Waals surface area contributed by atoms with Crippen LogP contribution in [0.3, 0.4) is 0 Å². The molecule has 1 saturated heterocycles. The number of likely N-dealkylation sites (tertiary alicyclic amines) is 1. The smallest absolute Gasteiger partial charge is 0.269 e. The lowest BCUT2D eigenvalue weighted by Gasteiger charge is -2.37. The molecule has 6 heteroatoms. The van der Waals surface area contributed by atoms with E-state index in [0.717, 1.165) is 49.2 Å². The van der Waals surface area contributed by atoms with E-state index in [9.17, 15) is 14.9 Å². The molecule has 0 bridgehead atoms. The van der Waals surface area contributed by atoms with Gasteiger partial charge in [0.15, 0.2) is 0 Å². The van der Waals surface area contributed by atoms with Gasteiger partial charge in [-0.25, -0.2) is 0 Å². The minimum absolute atomic E-state index is 0.0838. The zero-order valence-electron chi connectivity index (χ0n) is 17.5. The molecule has 0 aromatic heterocycles. The lowest BCUT2D eigenvalue weighted by molar-refractivity contribution is -0.384. The Balaban J connectivity index is 1.43. The predicted octanol–water partition coefficient (Wildman–Crippen LogP) is 5.44. The number of nitro groups is 1. The summed E-state index contributed by atoms with van der Waals surface area (Å²) in [5.74, 6) is 0.714. The van der Waals surface area contributed by atoms with Gasteiger partial charge in [0.2, 0.25) is 0 Å². The monoisotopic (exact) mass is 417 g/mol. The Morgan fingerprint density at radius 1 is 1.03 bits per heavy atom. The quantitative estimate of drug-likeness (QED) is 0.410. The van der Waals surface area contributed by atoms with Crippen molar-refractivity contribution in [2.24, 2.45) is 5.92 Å². The maximum atomic E-state index is 13.1. The van der Waals surface area contributed by atoms with Crippen LogP contribution in [0.5, 0.6) is 0 Å². The van der Waals surface area contributed by atoms with Crippen LogP contribution < -0.4 is 5.32 Å². The molecular weight excluding hydrogens is 390 g/mol. The number of hydrogen-bond donors (Lipinski definition) is 1. The molecule has 1 N–H and O–H groups in total. The van der Waals surface area contributed by atoms with E-state index in [1.54, 1.807) is 12.1 Å². The largest absolute Gasteiger partial charge is 0.378 e. The highest BCUT2D eigenvalue weighted by Gasteiger charge is 2.38. The number of amides is 1. The Labute approximate surface area is 182 Å². The van der Waals surface area contributed by atoms with Crippen molar-refractivity contribution in [3.8, 4) is 0 Å². The van der Waals surface area contributed by atoms with Gasteiger partial charge in [0.05, 0.1) is 11.0 Å². The van der Waals surface area contributed by atoms with Crippen molar-refractivity contribution in [3.05, 3.63) is 81.4 Å². The number of allylic oxidation sites excluding steroid dienone is 2. The van der Waals surface area contributed by atoms with E-state index in [4.69, 9.17) is 0 Å². The Morgan fingerprint density at radius 3 is 2.48 bits per heavy atom. The van der Waals surface area contributed by atoms with E-state index in [2.05, 4.69) is 23.5 Å². The maximum Gasteiger partial charge on any atom is 0.269 e. The number of anilines is 1. The third kappa shape index (κ3) is 3.71. The van der Waals surface area contributed by atoms with Crippen LogP contribution in [0.25, 0.3) is 0 Å². The molecule has 3 aliphatic rings. The highest BCUT2D eigenvalue weighted by atomic mass is 16.6. The van der Waals surface area contributed by atoms with E-state index < -0.39 is 0 Å². The fraction of sp³-hybridized carbons (Fsp3) is 0.400. The SMILES string of the molecule is O=C(c1ccc2c(c1)[C@@H]1C=CC[C@@H]1[C@@H](c1ccc([N+](=O)[O-])cc1)N2)N1CCCCCC1. The number of non-ortho nitro benzene ring substituents is 1. The summed E-state index contributed by atoms with van der Waals surface area (Å²) in [6.07, 6.45) is 10.00. The van der Waals surface area contributed by atoms with Gasteiger partial charge >= 0.3 is 0 Å². The Hall–Kier alpha value is -3.15. The van der Waals surface area contributed by atoms with E-state index in [-0.39, 0.29) is 28.5 Å². The normalized spacial score (nSPS) is 24.6. The number of rotatable bonds is 3. The molecule has 2 heterocycles. The first-order valence-corrected chi connectivity index (χ1v) is 11.2. The van der Waals surface area contributed by atoms with Crippen LogP contribution >= 0.6 is 0 Å². The van der Waals surface area contributed by atoms with Gasteiger partial charge in [0.1, 0.15) is 0 Å². The first kappa shape index (κ1) is 19.8. The van der Waals surface area contributed by atoms with Crippen LogP contribution in [0.15, 0.2) is 54.6 Å². The third-order valence-corrected chi connectivity index (χ3v) is 6.97. The van der Waals surface area contributed by atoms with E-state index in [1.165, 1.54) is 18.4 Å². The molecule has 2 aromatic rings. The summed E-state index contributed by atoms with van der Waals surface area (Å²) in [7, 11) is 0. The molecule has 2 aromatic carbocycles. The Morgan fingerprint density at radius 2 is 1.77 bits per heavy atom. The molecule has 0 unspecified atom stereocenters. The van der Waals surface area contributed by atoms with Crippen LogP contribution in [0.1, 0.15) is 65.5 Å². The van der Waals surface area contributed by atoms with Gasteiger partial charge in [-0.3, -0.25) is 14.9 Å². The third-order valence-electron chi connectivity index (χ3n) is 6.97. The molecule has 6 nitrogen and oxygen atoms in total. The van der Waals surface area contributed by atoms with Crippen LogP contribution in [-0.2, 0) is 0 Å². The molecule has 1 fully saturated rings. The molecule has 3 atom stereocenters. The van der Waals surface area contributed by atoms with Gasteiger partial charge in [-0.05, 0) is 54.5 Å². The number of fused-ring (bicyclic) bond motifs is 3. The summed E-state index contributed by atoms with van der Waals surface area (Å²) in [6, 6.07) is 13.0. The molecule has 2 aliphatic heterocycles. The van der Waals surface area contributed by atoms with Crippen molar-refractivity contribution in [2.75, 3.05) is 18.4 Å². The number of nitrogens with zero attached hydrogens (tertiary/aromatic N) is 2. The molecule has 1 aliphatic carbocycles. The van der Waals surface area contributed by atoms with Gasteiger partial charge in [0, 0.05) is 42.4 Å². The number of carbonyl (C=O) groups excluding carboxylic acids is 1. The van der Waals surface area contributed by atoms with Gasteiger partial charge in [-0.1, -0.05) is 37.1 Å². The van der Waals surface area contributed by atoms with E-state index >= 15 is 0 Å². The van der Waals surface area contributed by atoms with Gasteiger partial charge in [0.25, 0.3) is 11.6 Å². The minimum Gasteiger partial charge on any atom is -0.378 e. The number of carbonyl (C=O) groups is 1.